The van der Waals surface area contributed by atoms with E-state index in [4.69, 9.17) is 11.1 Å². The summed E-state index contributed by atoms with van der Waals surface area (Å²) in [6, 6.07) is 3.52. The maximum absolute atomic E-state index is 12.8. The van der Waals surface area contributed by atoms with E-state index in [2.05, 4.69) is 10.1 Å². The number of ether oxygens (including phenoxy) is 1. The van der Waals surface area contributed by atoms with Crippen molar-refractivity contribution < 1.29 is 13.9 Å². The average Bonchev–Trinajstić information content (AvgIpc) is 2.20. The van der Waals surface area contributed by atoms with Gasteiger partial charge in [0, 0.05) is 5.56 Å². The Labute approximate surface area is 85.5 Å². The normalized spacial score (nSPS) is 9.47. The molecule has 0 aliphatic carbocycles. The van der Waals surface area contributed by atoms with Gasteiger partial charge in [0.05, 0.1) is 12.8 Å². The second-order valence-electron chi connectivity index (χ2n) is 2.72. The summed E-state index contributed by atoms with van der Waals surface area (Å²) in [6.07, 6.45) is -0.705. The topological polar surface area (TPSA) is 88.2 Å². The van der Waals surface area contributed by atoms with Crippen LogP contribution in [0.2, 0.25) is 0 Å². The Balaban J connectivity index is 3.06. The third-order valence-electron chi connectivity index (χ3n) is 1.69. The van der Waals surface area contributed by atoms with Gasteiger partial charge in [0.15, 0.2) is 0 Å². The van der Waals surface area contributed by atoms with Crippen LogP contribution in [-0.2, 0) is 4.74 Å². The number of hydrogen-bond acceptors (Lipinski definition) is 3. The zero-order chi connectivity index (χ0) is 11.4. The number of carbonyl (C=O) groups is 1. The fourth-order valence-electron chi connectivity index (χ4n) is 1.01. The van der Waals surface area contributed by atoms with Crippen molar-refractivity contribution in [3.05, 3.63) is 29.6 Å². The molecular weight excluding hydrogens is 201 g/mol. The molecule has 1 rings (SSSR count). The van der Waals surface area contributed by atoms with E-state index in [0.29, 0.717) is 0 Å². The highest BCUT2D eigenvalue weighted by atomic mass is 19.1. The summed E-state index contributed by atoms with van der Waals surface area (Å²) in [5.74, 6) is -0.864. The van der Waals surface area contributed by atoms with Gasteiger partial charge in [0.2, 0.25) is 0 Å². The first-order chi connectivity index (χ1) is 7.04. The van der Waals surface area contributed by atoms with E-state index in [-0.39, 0.29) is 17.1 Å². The highest BCUT2D eigenvalue weighted by Crippen LogP contribution is 2.16. The monoisotopic (exact) mass is 211 g/mol. The highest BCUT2D eigenvalue weighted by molar-refractivity contribution is 6.03. The number of carbonyl (C=O) groups excluding carboxylic acids is 1. The molecule has 1 amide bonds. The van der Waals surface area contributed by atoms with E-state index in [0.717, 1.165) is 12.1 Å². The largest absolute Gasteiger partial charge is 0.453 e. The van der Waals surface area contributed by atoms with E-state index in [1.54, 1.807) is 0 Å². The zero-order valence-corrected chi connectivity index (χ0v) is 8.00. The van der Waals surface area contributed by atoms with Gasteiger partial charge < -0.3 is 10.5 Å². The van der Waals surface area contributed by atoms with Crippen molar-refractivity contribution in [3.8, 4) is 0 Å². The van der Waals surface area contributed by atoms with Gasteiger partial charge in [-0.2, -0.15) is 0 Å². The molecule has 0 fully saturated rings. The summed E-state index contributed by atoms with van der Waals surface area (Å²) in [4.78, 5) is 10.9. The molecule has 80 valence electrons. The van der Waals surface area contributed by atoms with Crippen molar-refractivity contribution in [2.75, 3.05) is 12.4 Å². The lowest BCUT2D eigenvalue weighted by molar-refractivity contribution is 0.187. The summed E-state index contributed by atoms with van der Waals surface area (Å²) < 4.78 is 17.2. The summed E-state index contributed by atoms with van der Waals surface area (Å²) >= 11 is 0. The lowest BCUT2D eigenvalue weighted by atomic mass is 10.1. The number of nitrogens with one attached hydrogen (secondary N) is 2. The third kappa shape index (κ3) is 2.67. The van der Waals surface area contributed by atoms with Gasteiger partial charge in [0.1, 0.15) is 11.7 Å². The Bertz CT molecular complexity index is 406. The Morgan fingerprint density at radius 2 is 2.27 bits per heavy atom. The van der Waals surface area contributed by atoms with Crippen LogP contribution in [0.15, 0.2) is 18.2 Å². The summed E-state index contributed by atoms with van der Waals surface area (Å²) in [7, 11) is 1.20. The maximum atomic E-state index is 12.8. The fourth-order valence-corrected chi connectivity index (χ4v) is 1.01. The van der Waals surface area contributed by atoms with Crippen molar-refractivity contribution in [2.45, 2.75) is 0 Å². The molecule has 0 saturated heterocycles. The molecule has 0 spiro atoms. The molecule has 1 aromatic carbocycles. The zero-order valence-electron chi connectivity index (χ0n) is 8.00. The van der Waals surface area contributed by atoms with Gasteiger partial charge in [-0.3, -0.25) is 10.7 Å². The van der Waals surface area contributed by atoms with Crippen LogP contribution in [0, 0.1) is 11.2 Å². The van der Waals surface area contributed by atoms with Crippen molar-refractivity contribution in [1.82, 2.24) is 0 Å². The molecule has 0 aliphatic rings. The van der Waals surface area contributed by atoms with Crippen molar-refractivity contribution in [2.24, 2.45) is 5.73 Å². The molecule has 15 heavy (non-hydrogen) atoms. The molecule has 4 N–H and O–H groups in total. The molecule has 0 bridgehead atoms. The molecule has 0 unspecified atom stereocenters. The second-order valence-corrected chi connectivity index (χ2v) is 2.72. The van der Waals surface area contributed by atoms with Gasteiger partial charge in [-0.25, -0.2) is 9.18 Å². The van der Waals surface area contributed by atoms with Crippen LogP contribution in [0.3, 0.4) is 0 Å². The first-order valence-electron chi connectivity index (χ1n) is 4.03. The van der Waals surface area contributed by atoms with Crippen LogP contribution in [0.25, 0.3) is 0 Å². The van der Waals surface area contributed by atoms with Gasteiger partial charge in [-0.1, -0.05) is 0 Å². The summed E-state index contributed by atoms with van der Waals surface area (Å²) in [6.45, 7) is 0. The standard InChI is InChI=1S/C9H10FN3O2/c1-15-9(14)13-7-3-2-5(10)4-6(7)8(11)12/h2-4H,1H3,(H3,11,12)(H,13,14). The van der Waals surface area contributed by atoms with Crippen molar-refractivity contribution in [3.63, 3.8) is 0 Å². The number of hydrogen-bond donors (Lipinski definition) is 3. The Hall–Kier alpha value is -2.11. The molecule has 5 nitrogen and oxygen atoms in total. The van der Waals surface area contributed by atoms with Crippen LogP contribution >= 0.6 is 0 Å². The number of benzene rings is 1. The molecule has 6 heteroatoms. The molecule has 0 radical (unpaired) electrons. The summed E-state index contributed by atoms with van der Waals surface area (Å²) in [5, 5.41) is 9.51. The Morgan fingerprint density at radius 3 is 2.80 bits per heavy atom. The van der Waals surface area contributed by atoms with E-state index in [1.807, 2.05) is 0 Å². The smallest absolute Gasteiger partial charge is 0.411 e. The lowest BCUT2D eigenvalue weighted by Crippen LogP contribution is -2.18. The molecule has 0 saturated carbocycles. The van der Waals surface area contributed by atoms with E-state index < -0.39 is 11.9 Å². The predicted octanol–water partition coefficient (Wildman–Crippen LogP) is 1.29. The fraction of sp³-hybridized carbons (Fsp3) is 0.111. The number of amidine groups is 1. The van der Waals surface area contributed by atoms with Crippen LogP contribution in [0.4, 0.5) is 14.9 Å². The number of halogens is 1. The predicted molar refractivity (Wildman–Crippen MR) is 53.4 cm³/mol. The molecular formula is C9H10FN3O2. The third-order valence-corrected chi connectivity index (χ3v) is 1.69. The molecule has 1 aromatic rings. The van der Waals surface area contributed by atoms with Gasteiger partial charge in [-0.05, 0) is 18.2 Å². The van der Waals surface area contributed by atoms with E-state index in [1.165, 1.54) is 13.2 Å². The minimum atomic E-state index is -0.705. The quantitative estimate of drug-likeness (QED) is 0.508. The molecule has 0 aromatic heterocycles. The maximum Gasteiger partial charge on any atom is 0.411 e. The van der Waals surface area contributed by atoms with Gasteiger partial charge >= 0.3 is 6.09 Å². The van der Waals surface area contributed by atoms with Crippen molar-refractivity contribution in [1.29, 1.82) is 5.41 Å². The molecule has 0 heterocycles. The van der Waals surface area contributed by atoms with Crippen LogP contribution in [0.5, 0.6) is 0 Å². The first-order valence-corrected chi connectivity index (χ1v) is 4.03. The van der Waals surface area contributed by atoms with Gasteiger partial charge in [-0.15, -0.1) is 0 Å². The van der Waals surface area contributed by atoms with Crippen molar-refractivity contribution >= 4 is 17.6 Å². The second kappa shape index (κ2) is 4.41. The highest BCUT2D eigenvalue weighted by Gasteiger charge is 2.09. The molecule has 0 aliphatic heterocycles. The Morgan fingerprint density at radius 1 is 1.60 bits per heavy atom. The number of nitrogen functional groups attached to an aromatic ring is 1. The first kappa shape index (κ1) is 11.0. The molecule has 0 atom stereocenters. The van der Waals surface area contributed by atoms with Crippen LogP contribution < -0.4 is 11.1 Å². The van der Waals surface area contributed by atoms with E-state index in [9.17, 15) is 9.18 Å². The minimum Gasteiger partial charge on any atom is -0.453 e. The SMILES string of the molecule is COC(=O)Nc1ccc(F)cc1C(=N)N. The number of nitrogens with two attached hydrogens (primary N) is 1. The van der Waals surface area contributed by atoms with Crippen LogP contribution in [-0.4, -0.2) is 19.0 Å². The minimum absolute atomic E-state index is 0.111. The lowest BCUT2D eigenvalue weighted by Gasteiger charge is -2.08. The van der Waals surface area contributed by atoms with E-state index >= 15 is 0 Å². The number of methoxy groups -OCH3 is 1. The number of anilines is 1. The average molecular weight is 211 g/mol. The van der Waals surface area contributed by atoms with Gasteiger partial charge in [0.25, 0.3) is 0 Å². The number of rotatable bonds is 2. The summed E-state index contributed by atoms with van der Waals surface area (Å²) in [5.41, 5.74) is 5.57. The van der Waals surface area contributed by atoms with Crippen LogP contribution in [0.1, 0.15) is 5.56 Å². The Kier molecular flexibility index (Phi) is 3.22. The number of amides is 1.